The second-order valence-electron chi connectivity index (χ2n) is 1.96. The number of nitrogens with zero attached hydrogens (tertiary/aromatic N) is 1. The van der Waals surface area contributed by atoms with E-state index >= 15 is 0 Å². The topological polar surface area (TPSA) is 23.8 Å². The van der Waals surface area contributed by atoms with Crippen molar-refractivity contribution in [1.82, 2.24) is 0 Å². The Labute approximate surface area is 68.2 Å². The molecule has 0 saturated heterocycles. The first-order chi connectivity index (χ1) is 5.75. The molecule has 12 heavy (non-hydrogen) atoms. The Kier molecular flexibility index (Phi) is 2.40. The fourth-order valence-corrected chi connectivity index (χ4v) is 0.696. The maximum atomic E-state index is 12.7. The summed E-state index contributed by atoms with van der Waals surface area (Å²) in [5.41, 5.74) is -0.100. The minimum absolute atomic E-state index is 0.100. The summed E-state index contributed by atoms with van der Waals surface area (Å²) >= 11 is 0. The first-order valence-corrected chi connectivity index (χ1v) is 3.10. The lowest BCUT2D eigenvalue weighted by Gasteiger charge is -1.93. The first-order valence-electron chi connectivity index (χ1n) is 3.10. The molecule has 0 radical (unpaired) electrons. The van der Waals surface area contributed by atoms with Crippen LogP contribution in [0.4, 0.5) is 8.78 Å². The largest absolute Gasteiger partial charge is 0.204 e. The van der Waals surface area contributed by atoms with E-state index < -0.39 is 11.6 Å². The van der Waals surface area contributed by atoms with Gasteiger partial charge in [-0.25, -0.2) is 8.78 Å². The van der Waals surface area contributed by atoms with Crippen LogP contribution in [0.25, 0.3) is 0 Å². The lowest BCUT2D eigenvalue weighted by atomic mass is 10.2. The van der Waals surface area contributed by atoms with Crippen molar-refractivity contribution in [3.63, 3.8) is 0 Å². The molecule has 0 bridgehead atoms. The van der Waals surface area contributed by atoms with Gasteiger partial charge in [0.1, 0.15) is 0 Å². The Hall–Kier alpha value is -1.87. The van der Waals surface area contributed by atoms with Crippen molar-refractivity contribution in [2.45, 2.75) is 0 Å². The molecule has 0 atom stereocenters. The normalized spacial score (nSPS) is 8.08. The van der Waals surface area contributed by atoms with Crippen LogP contribution in [0, 0.1) is 34.8 Å². The van der Waals surface area contributed by atoms with Crippen LogP contribution < -0.4 is 0 Å². The van der Waals surface area contributed by atoms with E-state index in [4.69, 9.17) is 5.26 Å². The van der Waals surface area contributed by atoms with Crippen molar-refractivity contribution in [1.29, 1.82) is 5.26 Å². The third kappa shape index (κ3) is 1.59. The van der Waals surface area contributed by atoms with Gasteiger partial charge in [-0.05, 0) is 18.1 Å². The SMILES string of the molecule is N#CC#Cc1cccc(F)c1F. The zero-order chi connectivity index (χ0) is 8.97. The fourth-order valence-electron chi connectivity index (χ4n) is 0.696. The molecule has 0 aliphatic rings. The Bertz CT molecular complexity index is 393. The van der Waals surface area contributed by atoms with Crippen LogP contribution in [0.1, 0.15) is 5.56 Å². The molecule has 0 aromatic heterocycles. The van der Waals surface area contributed by atoms with Gasteiger partial charge in [0.15, 0.2) is 17.7 Å². The van der Waals surface area contributed by atoms with Gasteiger partial charge in [-0.3, -0.25) is 0 Å². The van der Waals surface area contributed by atoms with Crippen molar-refractivity contribution in [2.24, 2.45) is 0 Å². The van der Waals surface area contributed by atoms with Gasteiger partial charge in [0.05, 0.1) is 5.56 Å². The summed E-state index contributed by atoms with van der Waals surface area (Å²) in [6.45, 7) is 0. The van der Waals surface area contributed by atoms with Gasteiger partial charge >= 0.3 is 0 Å². The minimum atomic E-state index is -1.01. The second-order valence-corrected chi connectivity index (χ2v) is 1.96. The van der Waals surface area contributed by atoms with Crippen molar-refractivity contribution >= 4 is 0 Å². The zero-order valence-electron chi connectivity index (χ0n) is 5.94. The van der Waals surface area contributed by atoms with Gasteiger partial charge in [0, 0.05) is 5.92 Å². The second kappa shape index (κ2) is 3.50. The van der Waals surface area contributed by atoms with E-state index in [2.05, 4.69) is 5.92 Å². The van der Waals surface area contributed by atoms with Crippen LogP contribution in [-0.2, 0) is 0 Å². The molecule has 58 valence electrons. The molecule has 0 spiro atoms. The highest BCUT2D eigenvalue weighted by Gasteiger charge is 2.03. The Morgan fingerprint density at radius 2 is 2.00 bits per heavy atom. The maximum absolute atomic E-state index is 12.7. The average Bonchev–Trinajstić information content (AvgIpc) is 2.08. The number of halogens is 2. The number of rotatable bonds is 0. The van der Waals surface area contributed by atoms with Crippen molar-refractivity contribution in [2.75, 3.05) is 0 Å². The van der Waals surface area contributed by atoms with Crippen LogP contribution in [0.15, 0.2) is 18.2 Å². The molecule has 0 aliphatic carbocycles. The number of nitriles is 1. The predicted octanol–water partition coefficient (Wildman–Crippen LogP) is 1.84. The first kappa shape index (κ1) is 8.23. The van der Waals surface area contributed by atoms with E-state index in [9.17, 15) is 8.78 Å². The zero-order valence-corrected chi connectivity index (χ0v) is 5.94. The Morgan fingerprint density at radius 3 is 2.67 bits per heavy atom. The van der Waals surface area contributed by atoms with Crippen LogP contribution >= 0.6 is 0 Å². The highest BCUT2D eigenvalue weighted by atomic mass is 19.2. The van der Waals surface area contributed by atoms with Crippen molar-refractivity contribution in [3.8, 4) is 17.9 Å². The van der Waals surface area contributed by atoms with E-state index in [0.717, 1.165) is 6.07 Å². The van der Waals surface area contributed by atoms with Gasteiger partial charge < -0.3 is 0 Å². The molecular formula is C9H3F2N. The molecule has 1 aromatic carbocycles. The van der Waals surface area contributed by atoms with Gasteiger partial charge in [0.25, 0.3) is 0 Å². The van der Waals surface area contributed by atoms with Crippen molar-refractivity contribution < 1.29 is 8.78 Å². The highest BCUT2D eigenvalue weighted by Crippen LogP contribution is 2.09. The van der Waals surface area contributed by atoms with Crippen LogP contribution in [0.2, 0.25) is 0 Å². The summed E-state index contributed by atoms with van der Waals surface area (Å²) < 4.78 is 25.2. The molecule has 0 amide bonds. The third-order valence-corrected chi connectivity index (χ3v) is 1.20. The molecule has 0 saturated carbocycles. The predicted molar refractivity (Wildman–Crippen MR) is 38.8 cm³/mol. The highest BCUT2D eigenvalue weighted by molar-refractivity contribution is 5.38. The van der Waals surface area contributed by atoms with E-state index in [1.807, 2.05) is 5.92 Å². The summed E-state index contributed by atoms with van der Waals surface area (Å²) in [6.07, 6.45) is 0. The molecule has 1 aromatic rings. The summed E-state index contributed by atoms with van der Waals surface area (Å²) in [5.74, 6) is 2.19. The molecule has 0 heterocycles. The summed E-state index contributed by atoms with van der Waals surface area (Å²) in [4.78, 5) is 0. The lowest BCUT2D eigenvalue weighted by Crippen LogP contribution is -1.87. The van der Waals surface area contributed by atoms with E-state index in [0.29, 0.717) is 0 Å². The summed E-state index contributed by atoms with van der Waals surface area (Å²) in [5, 5.41) is 8.05. The maximum Gasteiger partial charge on any atom is 0.174 e. The monoisotopic (exact) mass is 163 g/mol. The molecule has 0 unspecified atom stereocenters. The smallest absolute Gasteiger partial charge is 0.174 e. The van der Waals surface area contributed by atoms with E-state index in [1.54, 1.807) is 0 Å². The van der Waals surface area contributed by atoms with Gasteiger partial charge in [0.2, 0.25) is 0 Å². The van der Waals surface area contributed by atoms with Gasteiger partial charge in [-0.2, -0.15) is 5.26 Å². The molecule has 0 N–H and O–H groups in total. The number of hydrogen-bond donors (Lipinski definition) is 0. The van der Waals surface area contributed by atoms with Gasteiger partial charge in [-0.1, -0.05) is 6.07 Å². The average molecular weight is 163 g/mol. The minimum Gasteiger partial charge on any atom is -0.204 e. The molecule has 3 heteroatoms. The van der Waals surface area contributed by atoms with E-state index in [1.165, 1.54) is 18.2 Å². The molecule has 1 nitrogen and oxygen atoms in total. The molecule has 0 fully saturated rings. The number of benzene rings is 1. The molecule has 1 rings (SSSR count). The molecular weight excluding hydrogens is 160 g/mol. The van der Waals surface area contributed by atoms with Crippen molar-refractivity contribution in [3.05, 3.63) is 35.4 Å². The summed E-state index contributed by atoms with van der Waals surface area (Å²) in [7, 11) is 0. The third-order valence-electron chi connectivity index (χ3n) is 1.20. The fraction of sp³-hybridized carbons (Fsp3) is 0. The van der Waals surface area contributed by atoms with Crippen LogP contribution in [-0.4, -0.2) is 0 Å². The quantitative estimate of drug-likeness (QED) is 0.535. The van der Waals surface area contributed by atoms with E-state index in [-0.39, 0.29) is 5.56 Å². The standard InChI is InChI=1S/C9H3F2N/c10-8-5-1-3-7(9(8)11)4-2-6-12/h1,3,5H. The van der Waals surface area contributed by atoms with Crippen LogP contribution in [0.3, 0.4) is 0 Å². The van der Waals surface area contributed by atoms with Crippen LogP contribution in [0.5, 0.6) is 0 Å². The van der Waals surface area contributed by atoms with Gasteiger partial charge in [-0.15, -0.1) is 0 Å². The Morgan fingerprint density at radius 1 is 1.25 bits per heavy atom. The Balaban J connectivity index is 3.19. The number of hydrogen-bond acceptors (Lipinski definition) is 1. The molecule has 0 aliphatic heterocycles. The summed E-state index contributed by atoms with van der Waals surface area (Å²) in [6, 6.07) is 5.15. The lowest BCUT2D eigenvalue weighted by molar-refractivity contribution is 0.506.